The van der Waals surface area contributed by atoms with Crippen LogP contribution in [0.1, 0.15) is 43.6 Å². The predicted molar refractivity (Wildman–Crippen MR) is 123 cm³/mol. The van der Waals surface area contributed by atoms with Crippen molar-refractivity contribution < 1.29 is 29.0 Å². The summed E-state index contributed by atoms with van der Waals surface area (Å²) in [7, 11) is 1.43. The van der Waals surface area contributed by atoms with Crippen LogP contribution in [0.15, 0.2) is 66.7 Å². The van der Waals surface area contributed by atoms with Gasteiger partial charge in [-0.3, -0.25) is 19.3 Å². The summed E-state index contributed by atoms with van der Waals surface area (Å²) in [5.41, 5.74) is 1.91. The summed E-state index contributed by atoms with van der Waals surface area (Å²) in [5.74, 6) is -0.798. The smallest absolute Gasteiger partial charge is 0.261 e. The van der Waals surface area contributed by atoms with Gasteiger partial charge in [-0.25, -0.2) is 0 Å². The van der Waals surface area contributed by atoms with Crippen LogP contribution in [0.3, 0.4) is 0 Å². The molecule has 1 N–H and O–H groups in total. The molecule has 3 aromatic carbocycles. The van der Waals surface area contributed by atoms with Crippen LogP contribution in [0, 0.1) is 0 Å². The number of carbonyl (C=O) groups is 3. The van der Waals surface area contributed by atoms with E-state index in [1.54, 1.807) is 55.5 Å². The number of hydrogen-bond donors (Lipinski definition) is 1. The highest BCUT2D eigenvalue weighted by molar-refractivity contribution is 6.29. The summed E-state index contributed by atoms with van der Waals surface area (Å²) in [6.07, 6.45) is -1.11. The maximum Gasteiger partial charge on any atom is 0.261 e. The number of amides is 2. The highest BCUT2D eigenvalue weighted by Gasteiger charge is 2.33. The fraction of sp³-hybridized carbons (Fsp3) is 0.192. The van der Waals surface area contributed by atoms with Gasteiger partial charge in [0.05, 0.1) is 6.61 Å². The van der Waals surface area contributed by atoms with Crippen LogP contribution in [0.4, 0.5) is 0 Å². The normalized spacial score (nSPS) is 13.8. The zero-order valence-electron chi connectivity index (χ0n) is 18.3. The van der Waals surface area contributed by atoms with Gasteiger partial charge in [0.15, 0.2) is 12.1 Å². The van der Waals surface area contributed by atoms with Crippen LogP contribution < -0.4 is 4.74 Å². The highest BCUT2D eigenvalue weighted by Crippen LogP contribution is 2.38. The number of benzene rings is 3. The number of ether oxygens (including phenoxy) is 2. The summed E-state index contributed by atoms with van der Waals surface area (Å²) in [5, 5.41) is 10.5. The molecule has 0 saturated carbocycles. The Morgan fingerprint density at radius 3 is 2.24 bits per heavy atom. The number of nitrogens with zero attached hydrogens (tertiary/aromatic N) is 1. The maximum atomic E-state index is 13.4. The van der Waals surface area contributed by atoms with E-state index in [4.69, 9.17) is 9.47 Å². The molecule has 0 spiro atoms. The molecule has 0 aliphatic carbocycles. The van der Waals surface area contributed by atoms with Gasteiger partial charge < -0.3 is 14.6 Å². The number of aliphatic hydroxyl groups is 1. The van der Waals surface area contributed by atoms with Crippen molar-refractivity contribution in [1.82, 2.24) is 4.90 Å². The van der Waals surface area contributed by atoms with Gasteiger partial charge in [-0.2, -0.15) is 0 Å². The topological polar surface area (TPSA) is 93.1 Å². The zero-order chi connectivity index (χ0) is 23.7. The van der Waals surface area contributed by atoms with Crippen molar-refractivity contribution in [2.24, 2.45) is 0 Å². The molecule has 0 bridgehead atoms. The fourth-order valence-corrected chi connectivity index (χ4v) is 3.78. The third kappa shape index (κ3) is 4.04. The third-order valence-corrected chi connectivity index (χ3v) is 5.51. The van der Waals surface area contributed by atoms with Crippen LogP contribution in [0.5, 0.6) is 5.75 Å². The van der Waals surface area contributed by atoms with Gasteiger partial charge in [-0.15, -0.1) is 0 Å². The van der Waals surface area contributed by atoms with Crippen molar-refractivity contribution in [3.63, 3.8) is 0 Å². The Morgan fingerprint density at radius 2 is 1.61 bits per heavy atom. The summed E-state index contributed by atoms with van der Waals surface area (Å²) in [6, 6.07) is 15.1. The number of ketones is 1. The van der Waals surface area contributed by atoms with E-state index >= 15 is 0 Å². The third-order valence-electron chi connectivity index (χ3n) is 5.51. The number of hydrogen-bond acceptors (Lipinski definition) is 6. The molecule has 0 aromatic heterocycles. The quantitative estimate of drug-likeness (QED) is 0.187. The first-order valence-electron chi connectivity index (χ1n) is 10.4. The second-order valence-corrected chi connectivity index (χ2v) is 7.80. The molecule has 2 amide bonds. The van der Waals surface area contributed by atoms with Gasteiger partial charge in [-0.05, 0) is 36.8 Å². The largest absolute Gasteiger partial charge is 0.491 e. The molecule has 168 valence electrons. The second kappa shape index (κ2) is 8.97. The summed E-state index contributed by atoms with van der Waals surface area (Å²) in [4.78, 5) is 40.0. The van der Waals surface area contributed by atoms with E-state index in [1.807, 2.05) is 6.07 Å². The van der Waals surface area contributed by atoms with Crippen LogP contribution in [-0.4, -0.2) is 54.2 Å². The molecular weight excluding hydrogens is 422 g/mol. The molecule has 3 aromatic rings. The lowest BCUT2D eigenvalue weighted by molar-refractivity contribution is -0.0786. The van der Waals surface area contributed by atoms with Gasteiger partial charge in [0.2, 0.25) is 0 Å². The lowest BCUT2D eigenvalue weighted by Crippen LogP contribution is -2.37. The first-order valence-corrected chi connectivity index (χ1v) is 10.4. The molecule has 1 aliphatic heterocycles. The number of carbonyl (C=O) groups excluding carboxylic acids is 3. The molecular formula is C26H23NO6. The minimum absolute atomic E-state index is 0.0690. The Hall–Kier alpha value is -3.81. The standard InChI is InChI=1S/C26H23NO6/c1-15(2)26(31)33-14-13-32-20-12-11-19-21-18(24(29)27(3)25(19)30)10-9-17(22(20)21)23(28)16-7-5-4-6-8-16/h4-12,26,31H,1,13-14H2,2-3H3. The van der Waals surface area contributed by atoms with Gasteiger partial charge in [0.1, 0.15) is 12.4 Å². The number of rotatable bonds is 8. The summed E-state index contributed by atoms with van der Waals surface area (Å²) >= 11 is 0. The molecule has 1 atom stereocenters. The molecule has 1 unspecified atom stereocenters. The molecule has 1 aliphatic rings. The van der Waals surface area contributed by atoms with Crippen molar-refractivity contribution in [3.8, 4) is 5.75 Å². The molecule has 0 fully saturated rings. The van der Waals surface area contributed by atoms with Crippen LogP contribution in [0.25, 0.3) is 10.8 Å². The average Bonchev–Trinajstić information content (AvgIpc) is 2.83. The van der Waals surface area contributed by atoms with Crippen molar-refractivity contribution in [3.05, 3.63) is 89.0 Å². The zero-order valence-corrected chi connectivity index (χ0v) is 18.3. The Labute approximate surface area is 190 Å². The first-order chi connectivity index (χ1) is 15.8. The first kappa shape index (κ1) is 22.4. The fourth-order valence-electron chi connectivity index (χ4n) is 3.78. The van der Waals surface area contributed by atoms with Crippen LogP contribution in [-0.2, 0) is 4.74 Å². The minimum atomic E-state index is -1.11. The Morgan fingerprint density at radius 1 is 0.970 bits per heavy atom. The maximum absolute atomic E-state index is 13.4. The van der Waals surface area contributed by atoms with E-state index in [0.717, 1.165) is 4.90 Å². The van der Waals surface area contributed by atoms with E-state index in [9.17, 15) is 19.5 Å². The van der Waals surface area contributed by atoms with Crippen molar-refractivity contribution in [2.75, 3.05) is 20.3 Å². The lowest BCUT2D eigenvalue weighted by Gasteiger charge is -2.25. The van der Waals surface area contributed by atoms with Gasteiger partial charge in [0, 0.05) is 40.1 Å². The van der Waals surface area contributed by atoms with Gasteiger partial charge in [0.25, 0.3) is 11.8 Å². The SMILES string of the molecule is C=C(C)C(O)OCCOc1ccc2c3c(ccc(C(=O)c4ccccc4)c13)C(=O)N(C)C2=O. The Balaban J connectivity index is 1.82. The van der Waals surface area contributed by atoms with Crippen molar-refractivity contribution in [1.29, 1.82) is 0 Å². The van der Waals surface area contributed by atoms with Crippen molar-refractivity contribution in [2.45, 2.75) is 13.2 Å². The monoisotopic (exact) mass is 445 g/mol. The molecule has 7 nitrogen and oxygen atoms in total. The number of aliphatic hydroxyl groups excluding tert-OH is 1. The molecule has 0 saturated heterocycles. The minimum Gasteiger partial charge on any atom is -0.491 e. The van der Waals surface area contributed by atoms with E-state index in [-0.39, 0.29) is 19.0 Å². The van der Waals surface area contributed by atoms with Crippen LogP contribution >= 0.6 is 0 Å². The van der Waals surface area contributed by atoms with Gasteiger partial charge in [-0.1, -0.05) is 36.9 Å². The summed E-state index contributed by atoms with van der Waals surface area (Å²) < 4.78 is 11.2. The molecule has 0 radical (unpaired) electrons. The van der Waals surface area contributed by atoms with E-state index in [2.05, 4.69) is 6.58 Å². The molecule has 33 heavy (non-hydrogen) atoms. The molecule has 4 rings (SSSR count). The predicted octanol–water partition coefficient (Wildman–Crippen LogP) is 3.59. The average molecular weight is 445 g/mol. The van der Waals surface area contributed by atoms with E-state index in [1.165, 1.54) is 7.05 Å². The van der Waals surface area contributed by atoms with Crippen molar-refractivity contribution >= 4 is 28.4 Å². The Kier molecular flexibility index (Phi) is 6.09. The molecule has 7 heteroatoms. The lowest BCUT2D eigenvalue weighted by atomic mass is 9.88. The summed E-state index contributed by atoms with van der Waals surface area (Å²) in [6.45, 7) is 5.41. The van der Waals surface area contributed by atoms with E-state index in [0.29, 0.717) is 44.3 Å². The number of imide groups is 1. The van der Waals surface area contributed by atoms with Crippen LogP contribution in [0.2, 0.25) is 0 Å². The van der Waals surface area contributed by atoms with E-state index < -0.39 is 18.1 Å². The Bertz CT molecular complexity index is 1260. The van der Waals surface area contributed by atoms with Gasteiger partial charge >= 0.3 is 0 Å². The highest BCUT2D eigenvalue weighted by atomic mass is 16.6. The molecule has 1 heterocycles. The second-order valence-electron chi connectivity index (χ2n) is 7.80.